The second-order valence-electron chi connectivity index (χ2n) is 7.15. The highest BCUT2D eigenvalue weighted by Gasteiger charge is 2.23. The largest absolute Gasteiger partial charge is 0.311 e. The van der Waals surface area contributed by atoms with Crippen molar-refractivity contribution in [1.29, 1.82) is 0 Å². The molecule has 0 unspecified atom stereocenters. The van der Waals surface area contributed by atoms with Crippen LogP contribution in [0.3, 0.4) is 0 Å². The first-order valence-corrected chi connectivity index (χ1v) is 10.4. The Bertz CT molecular complexity index is 1260. The highest BCUT2D eigenvalue weighted by molar-refractivity contribution is 7.21. The molecule has 5 nitrogen and oxygen atoms in total. The fourth-order valence-electron chi connectivity index (χ4n) is 3.84. The highest BCUT2D eigenvalue weighted by atomic mass is 32.1. The van der Waals surface area contributed by atoms with E-state index in [0.717, 1.165) is 29.0 Å². The van der Waals surface area contributed by atoms with Crippen LogP contribution in [0.2, 0.25) is 0 Å². The predicted molar refractivity (Wildman–Crippen MR) is 116 cm³/mol. The molecule has 1 amide bonds. The zero-order valence-corrected chi connectivity index (χ0v) is 16.6. The number of amides is 1. The summed E-state index contributed by atoms with van der Waals surface area (Å²) in [6.45, 7) is 0.670. The zero-order valence-electron chi connectivity index (χ0n) is 15.7. The van der Waals surface area contributed by atoms with Crippen molar-refractivity contribution in [2.45, 2.75) is 19.4 Å². The predicted octanol–water partition coefficient (Wildman–Crippen LogP) is 4.10. The van der Waals surface area contributed by atoms with Crippen LogP contribution in [0.25, 0.3) is 20.7 Å². The summed E-state index contributed by atoms with van der Waals surface area (Å²) in [6, 6.07) is 19.8. The maximum absolute atomic E-state index is 13.0. The fraction of sp³-hybridized carbons (Fsp3) is 0.174. The molecule has 0 N–H and O–H groups in total. The Labute approximate surface area is 171 Å². The van der Waals surface area contributed by atoms with Crippen LogP contribution in [-0.4, -0.2) is 22.0 Å². The van der Waals surface area contributed by atoms with E-state index in [4.69, 9.17) is 0 Å². The summed E-state index contributed by atoms with van der Waals surface area (Å²) in [6.07, 6.45) is 3.40. The second-order valence-corrected chi connectivity index (χ2v) is 8.18. The van der Waals surface area contributed by atoms with E-state index in [2.05, 4.69) is 11.1 Å². The van der Waals surface area contributed by atoms with Crippen LogP contribution in [0.15, 0.2) is 71.8 Å². The van der Waals surface area contributed by atoms with Crippen molar-refractivity contribution in [2.75, 3.05) is 11.4 Å². The lowest BCUT2D eigenvalue weighted by Gasteiger charge is -2.29. The van der Waals surface area contributed by atoms with Crippen molar-refractivity contribution < 1.29 is 4.79 Å². The normalized spacial score (nSPS) is 13.4. The molecule has 3 heterocycles. The summed E-state index contributed by atoms with van der Waals surface area (Å²) in [7, 11) is 0. The van der Waals surface area contributed by atoms with Gasteiger partial charge in [-0.1, -0.05) is 48.5 Å². The lowest BCUT2D eigenvalue weighted by atomic mass is 10.0. The third kappa shape index (κ3) is 3.25. The SMILES string of the molecule is O=C(Cn1cnc2sc(-c3ccccc3)cc2c1=O)N1CCCc2ccccc21. The standard InChI is InChI=1S/C23H19N3O2S/c27-21(26-12-6-10-16-7-4-5-11-19(16)26)14-25-15-24-22-18(23(25)28)13-20(29-22)17-8-2-1-3-9-17/h1-5,7-9,11,13,15H,6,10,12,14H2. The number of nitrogens with zero attached hydrogens (tertiary/aromatic N) is 3. The van der Waals surface area contributed by atoms with Gasteiger partial charge in [0.05, 0.1) is 11.7 Å². The molecule has 0 fully saturated rings. The maximum Gasteiger partial charge on any atom is 0.262 e. The number of aryl methyl sites for hydroxylation is 1. The van der Waals surface area contributed by atoms with Crippen LogP contribution in [-0.2, 0) is 17.8 Å². The number of hydrogen-bond acceptors (Lipinski definition) is 4. The van der Waals surface area contributed by atoms with Crippen molar-refractivity contribution in [3.05, 3.63) is 82.9 Å². The first-order chi connectivity index (χ1) is 14.2. The number of carbonyl (C=O) groups is 1. The molecule has 5 rings (SSSR count). The van der Waals surface area contributed by atoms with Crippen LogP contribution in [0.5, 0.6) is 0 Å². The monoisotopic (exact) mass is 401 g/mol. The summed E-state index contributed by atoms with van der Waals surface area (Å²) < 4.78 is 1.42. The van der Waals surface area contributed by atoms with E-state index in [-0.39, 0.29) is 18.0 Å². The van der Waals surface area contributed by atoms with E-state index < -0.39 is 0 Å². The van der Waals surface area contributed by atoms with Crippen molar-refractivity contribution in [2.24, 2.45) is 0 Å². The first kappa shape index (κ1) is 17.8. The molecular formula is C23H19N3O2S. The van der Waals surface area contributed by atoms with E-state index >= 15 is 0 Å². The number of anilines is 1. The smallest absolute Gasteiger partial charge is 0.262 e. The third-order valence-electron chi connectivity index (χ3n) is 5.29. The first-order valence-electron chi connectivity index (χ1n) is 9.63. The van der Waals surface area contributed by atoms with Gasteiger partial charge >= 0.3 is 0 Å². The van der Waals surface area contributed by atoms with Gasteiger partial charge in [-0.25, -0.2) is 4.98 Å². The Balaban J connectivity index is 1.46. The van der Waals surface area contributed by atoms with E-state index in [1.807, 2.05) is 54.6 Å². The van der Waals surface area contributed by atoms with Gasteiger partial charge < -0.3 is 4.90 Å². The van der Waals surface area contributed by atoms with Crippen LogP contribution < -0.4 is 10.5 Å². The molecule has 0 spiro atoms. The lowest BCUT2D eigenvalue weighted by Crippen LogP contribution is -2.39. The summed E-state index contributed by atoms with van der Waals surface area (Å²) in [4.78, 5) is 33.9. The maximum atomic E-state index is 13.0. The highest BCUT2D eigenvalue weighted by Crippen LogP contribution is 2.31. The average molecular weight is 401 g/mol. The zero-order chi connectivity index (χ0) is 19.8. The molecule has 0 radical (unpaired) electrons. The fourth-order valence-corrected chi connectivity index (χ4v) is 4.84. The molecule has 0 saturated heterocycles. The molecular weight excluding hydrogens is 382 g/mol. The molecule has 0 atom stereocenters. The minimum absolute atomic E-state index is 0.00732. The Morgan fingerprint density at radius 1 is 1.07 bits per heavy atom. The van der Waals surface area contributed by atoms with Gasteiger partial charge in [0, 0.05) is 17.1 Å². The Morgan fingerprint density at radius 2 is 1.86 bits per heavy atom. The quantitative estimate of drug-likeness (QED) is 0.519. The van der Waals surface area contributed by atoms with Crippen LogP contribution >= 0.6 is 11.3 Å². The van der Waals surface area contributed by atoms with Crippen LogP contribution in [0.1, 0.15) is 12.0 Å². The number of thiophene rings is 1. The second kappa shape index (κ2) is 7.29. The summed E-state index contributed by atoms with van der Waals surface area (Å²) in [5, 5.41) is 0.559. The summed E-state index contributed by atoms with van der Waals surface area (Å²) >= 11 is 1.49. The van der Waals surface area contributed by atoms with Crippen molar-refractivity contribution in [1.82, 2.24) is 9.55 Å². The van der Waals surface area contributed by atoms with Crippen molar-refractivity contribution >= 4 is 33.1 Å². The number of para-hydroxylation sites is 1. The van der Waals surface area contributed by atoms with E-state index in [1.165, 1.54) is 27.8 Å². The van der Waals surface area contributed by atoms with Crippen molar-refractivity contribution in [3.63, 3.8) is 0 Å². The number of hydrogen-bond donors (Lipinski definition) is 0. The van der Waals surface area contributed by atoms with Crippen molar-refractivity contribution in [3.8, 4) is 10.4 Å². The van der Waals surface area contributed by atoms with Gasteiger partial charge in [0.2, 0.25) is 5.91 Å². The Kier molecular flexibility index (Phi) is 4.48. The summed E-state index contributed by atoms with van der Waals surface area (Å²) in [5.41, 5.74) is 3.01. The molecule has 144 valence electrons. The molecule has 29 heavy (non-hydrogen) atoms. The minimum Gasteiger partial charge on any atom is -0.311 e. The molecule has 6 heteroatoms. The van der Waals surface area contributed by atoms with Crippen LogP contribution in [0, 0.1) is 0 Å². The third-order valence-corrected chi connectivity index (χ3v) is 6.39. The van der Waals surface area contributed by atoms with E-state index in [1.54, 1.807) is 4.90 Å². The average Bonchev–Trinajstić information content (AvgIpc) is 3.21. The molecule has 0 bridgehead atoms. The van der Waals surface area contributed by atoms with E-state index in [9.17, 15) is 9.59 Å². The topological polar surface area (TPSA) is 55.2 Å². The number of aromatic nitrogens is 2. The molecule has 0 aliphatic carbocycles. The molecule has 2 aromatic heterocycles. The van der Waals surface area contributed by atoms with Gasteiger partial charge in [0.15, 0.2) is 0 Å². The van der Waals surface area contributed by atoms with Gasteiger partial charge in [-0.05, 0) is 36.1 Å². The minimum atomic E-state index is -0.174. The van der Waals surface area contributed by atoms with Crippen LogP contribution in [0.4, 0.5) is 5.69 Å². The van der Waals surface area contributed by atoms with Gasteiger partial charge in [-0.15, -0.1) is 11.3 Å². The van der Waals surface area contributed by atoms with Gasteiger partial charge in [-0.3, -0.25) is 14.2 Å². The molecule has 2 aromatic carbocycles. The van der Waals surface area contributed by atoms with Gasteiger partial charge in [0.1, 0.15) is 11.4 Å². The number of carbonyl (C=O) groups excluding carboxylic acids is 1. The number of rotatable bonds is 3. The molecule has 1 aliphatic heterocycles. The molecule has 4 aromatic rings. The summed E-state index contributed by atoms with van der Waals surface area (Å²) in [5.74, 6) is -0.0843. The van der Waals surface area contributed by atoms with E-state index in [0.29, 0.717) is 16.8 Å². The Morgan fingerprint density at radius 3 is 2.72 bits per heavy atom. The molecule has 1 aliphatic rings. The Hall–Kier alpha value is -3.25. The number of fused-ring (bicyclic) bond motifs is 2. The van der Waals surface area contributed by atoms with Gasteiger partial charge in [-0.2, -0.15) is 0 Å². The molecule has 0 saturated carbocycles. The van der Waals surface area contributed by atoms with Gasteiger partial charge in [0.25, 0.3) is 5.56 Å². The number of benzene rings is 2. The lowest BCUT2D eigenvalue weighted by molar-refractivity contribution is -0.119.